The summed E-state index contributed by atoms with van der Waals surface area (Å²) in [6, 6.07) is 14.5. The molecule has 1 amide bonds. The SMILES string of the molecule is CNC(=O)c1ccc(N)c(NCc2cccc(C#N)c2)c1. The van der Waals surface area contributed by atoms with Gasteiger partial charge in [-0.25, -0.2) is 0 Å². The van der Waals surface area contributed by atoms with E-state index in [1.54, 1.807) is 31.3 Å². The lowest BCUT2D eigenvalue weighted by molar-refractivity contribution is 0.0963. The van der Waals surface area contributed by atoms with E-state index < -0.39 is 0 Å². The summed E-state index contributed by atoms with van der Waals surface area (Å²) < 4.78 is 0. The van der Waals surface area contributed by atoms with Crippen LogP contribution in [0.4, 0.5) is 11.4 Å². The molecule has 0 saturated carbocycles. The number of anilines is 2. The van der Waals surface area contributed by atoms with Crippen molar-refractivity contribution in [2.75, 3.05) is 18.1 Å². The Bertz CT molecular complexity index is 704. The van der Waals surface area contributed by atoms with E-state index in [0.29, 0.717) is 29.0 Å². The van der Waals surface area contributed by atoms with Crippen molar-refractivity contribution < 1.29 is 4.79 Å². The second-order valence-electron chi connectivity index (χ2n) is 4.55. The number of nitrogens with one attached hydrogen (secondary N) is 2. The van der Waals surface area contributed by atoms with Crippen LogP contribution in [0.3, 0.4) is 0 Å². The molecule has 5 nitrogen and oxygen atoms in total. The van der Waals surface area contributed by atoms with Gasteiger partial charge in [-0.1, -0.05) is 12.1 Å². The fraction of sp³-hybridized carbons (Fsp3) is 0.125. The van der Waals surface area contributed by atoms with Crippen molar-refractivity contribution in [2.45, 2.75) is 6.54 Å². The number of hydrogen-bond donors (Lipinski definition) is 3. The topological polar surface area (TPSA) is 90.9 Å². The molecule has 4 N–H and O–H groups in total. The van der Waals surface area contributed by atoms with E-state index >= 15 is 0 Å². The molecule has 21 heavy (non-hydrogen) atoms. The first kappa shape index (κ1) is 14.4. The number of amides is 1. The lowest BCUT2D eigenvalue weighted by atomic mass is 10.1. The van der Waals surface area contributed by atoms with E-state index in [-0.39, 0.29) is 5.91 Å². The summed E-state index contributed by atoms with van der Waals surface area (Å²) >= 11 is 0. The van der Waals surface area contributed by atoms with Crippen molar-refractivity contribution >= 4 is 17.3 Å². The number of nitrogens with zero attached hydrogens (tertiary/aromatic N) is 1. The third kappa shape index (κ3) is 3.51. The highest BCUT2D eigenvalue weighted by Crippen LogP contribution is 2.21. The second kappa shape index (κ2) is 6.44. The maximum atomic E-state index is 11.6. The predicted octanol–water partition coefficient (Wildman–Crippen LogP) is 2.11. The summed E-state index contributed by atoms with van der Waals surface area (Å²) in [5.41, 5.74) is 9.29. The highest BCUT2D eigenvalue weighted by Gasteiger charge is 2.06. The van der Waals surface area contributed by atoms with Gasteiger partial charge < -0.3 is 16.4 Å². The molecule has 0 spiro atoms. The number of nitrogen functional groups attached to an aromatic ring is 1. The normalized spacial score (nSPS) is 9.71. The molecule has 5 heteroatoms. The Balaban J connectivity index is 2.15. The van der Waals surface area contributed by atoms with Gasteiger partial charge in [-0.05, 0) is 35.9 Å². The third-order valence-corrected chi connectivity index (χ3v) is 3.08. The van der Waals surface area contributed by atoms with Crippen molar-refractivity contribution in [3.63, 3.8) is 0 Å². The molecule has 0 heterocycles. The lowest BCUT2D eigenvalue weighted by Crippen LogP contribution is -2.18. The van der Waals surface area contributed by atoms with E-state index in [1.807, 2.05) is 18.2 Å². The Kier molecular flexibility index (Phi) is 4.42. The van der Waals surface area contributed by atoms with Gasteiger partial charge in [0, 0.05) is 19.2 Å². The maximum Gasteiger partial charge on any atom is 0.251 e. The fourth-order valence-corrected chi connectivity index (χ4v) is 1.94. The third-order valence-electron chi connectivity index (χ3n) is 3.08. The van der Waals surface area contributed by atoms with Crippen LogP contribution in [-0.4, -0.2) is 13.0 Å². The minimum Gasteiger partial charge on any atom is -0.397 e. The summed E-state index contributed by atoms with van der Waals surface area (Å²) in [6.07, 6.45) is 0. The molecule has 106 valence electrons. The average Bonchev–Trinajstić information content (AvgIpc) is 2.53. The van der Waals surface area contributed by atoms with E-state index in [4.69, 9.17) is 11.0 Å². The van der Waals surface area contributed by atoms with E-state index in [2.05, 4.69) is 16.7 Å². The van der Waals surface area contributed by atoms with E-state index in [0.717, 1.165) is 5.56 Å². The number of nitrogens with two attached hydrogens (primary N) is 1. The Morgan fingerprint density at radius 2 is 2.10 bits per heavy atom. The van der Waals surface area contributed by atoms with Crippen LogP contribution in [0.1, 0.15) is 21.5 Å². The smallest absolute Gasteiger partial charge is 0.251 e. The molecule has 0 radical (unpaired) electrons. The summed E-state index contributed by atoms with van der Waals surface area (Å²) in [6.45, 7) is 0.525. The molecule has 2 aromatic rings. The summed E-state index contributed by atoms with van der Waals surface area (Å²) in [7, 11) is 1.58. The number of carbonyl (C=O) groups excluding carboxylic acids is 1. The number of carbonyl (C=O) groups is 1. The van der Waals surface area contributed by atoms with Crippen LogP contribution >= 0.6 is 0 Å². The molecular formula is C16H16N4O. The van der Waals surface area contributed by atoms with Crippen LogP contribution in [0.5, 0.6) is 0 Å². The second-order valence-corrected chi connectivity index (χ2v) is 4.55. The zero-order valence-electron chi connectivity index (χ0n) is 11.7. The van der Waals surface area contributed by atoms with Crippen molar-refractivity contribution in [1.29, 1.82) is 5.26 Å². The van der Waals surface area contributed by atoms with E-state index in [9.17, 15) is 4.79 Å². The first-order valence-electron chi connectivity index (χ1n) is 6.48. The molecule has 0 aromatic heterocycles. The molecule has 2 aromatic carbocycles. The zero-order valence-corrected chi connectivity index (χ0v) is 11.7. The molecular weight excluding hydrogens is 264 g/mol. The first-order valence-corrected chi connectivity index (χ1v) is 6.48. The Hall–Kier alpha value is -3.00. The molecule has 0 aliphatic carbocycles. The Morgan fingerprint density at radius 1 is 1.29 bits per heavy atom. The summed E-state index contributed by atoms with van der Waals surface area (Å²) in [4.78, 5) is 11.6. The van der Waals surface area contributed by atoms with Crippen molar-refractivity contribution in [1.82, 2.24) is 5.32 Å². The molecule has 0 unspecified atom stereocenters. The van der Waals surface area contributed by atoms with Gasteiger partial charge >= 0.3 is 0 Å². The highest BCUT2D eigenvalue weighted by molar-refractivity contribution is 5.96. The number of hydrogen-bond acceptors (Lipinski definition) is 4. The van der Waals surface area contributed by atoms with Gasteiger partial charge in [0.25, 0.3) is 5.91 Å². The molecule has 0 atom stereocenters. The molecule has 0 saturated heterocycles. The molecule has 0 fully saturated rings. The summed E-state index contributed by atoms with van der Waals surface area (Å²) in [5, 5.41) is 14.6. The standard InChI is InChI=1S/C16H16N4O/c1-19-16(21)13-5-6-14(18)15(8-13)20-10-12-4-2-3-11(7-12)9-17/h2-8,20H,10,18H2,1H3,(H,19,21). The first-order chi connectivity index (χ1) is 10.1. The van der Waals surface area contributed by atoms with Crippen molar-refractivity contribution in [3.8, 4) is 6.07 Å². The van der Waals surface area contributed by atoms with Crippen LogP contribution < -0.4 is 16.4 Å². The Morgan fingerprint density at radius 3 is 2.81 bits per heavy atom. The zero-order chi connectivity index (χ0) is 15.2. The van der Waals surface area contributed by atoms with E-state index in [1.165, 1.54) is 0 Å². The number of benzene rings is 2. The summed E-state index contributed by atoms with van der Waals surface area (Å²) in [5.74, 6) is -0.162. The van der Waals surface area contributed by atoms with Crippen LogP contribution in [-0.2, 0) is 6.54 Å². The average molecular weight is 280 g/mol. The molecule has 0 aliphatic rings. The lowest BCUT2D eigenvalue weighted by Gasteiger charge is -2.11. The van der Waals surface area contributed by atoms with Gasteiger partial charge in [-0.3, -0.25) is 4.79 Å². The van der Waals surface area contributed by atoms with Gasteiger partial charge in [0.2, 0.25) is 0 Å². The van der Waals surface area contributed by atoms with Gasteiger partial charge in [0.05, 0.1) is 23.0 Å². The fourth-order valence-electron chi connectivity index (χ4n) is 1.94. The number of rotatable bonds is 4. The Labute approximate surface area is 123 Å². The predicted molar refractivity (Wildman–Crippen MR) is 82.7 cm³/mol. The van der Waals surface area contributed by atoms with Gasteiger partial charge in [-0.15, -0.1) is 0 Å². The van der Waals surface area contributed by atoms with Gasteiger partial charge in [0.15, 0.2) is 0 Å². The molecule has 0 bridgehead atoms. The monoisotopic (exact) mass is 280 g/mol. The minimum atomic E-state index is -0.162. The van der Waals surface area contributed by atoms with Crippen molar-refractivity contribution in [3.05, 3.63) is 59.2 Å². The molecule has 2 rings (SSSR count). The number of nitriles is 1. The van der Waals surface area contributed by atoms with Crippen LogP contribution in [0.25, 0.3) is 0 Å². The van der Waals surface area contributed by atoms with Crippen LogP contribution in [0, 0.1) is 11.3 Å². The highest BCUT2D eigenvalue weighted by atomic mass is 16.1. The minimum absolute atomic E-state index is 0.162. The van der Waals surface area contributed by atoms with Gasteiger partial charge in [0.1, 0.15) is 0 Å². The molecule has 0 aliphatic heterocycles. The van der Waals surface area contributed by atoms with Crippen molar-refractivity contribution in [2.24, 2.45) is 0 Å². The quantitative estimate of drug-likeness (QED) is 0.748. The van der Waals surface area contributed by atoms with Crippen LogP contribution in [0.2, 0.25) is 0 Å². The van der Waals surface area contributed by atoms with Crippen LogP contribution in [0.15, 0.2) is 42.5 Å². The largest absolute Gasteiger partial charge is 0.397 e. The maximum absolute atomic E-state index is 11.6. The van der Waals surface area contributed by atoms with Gasteiger partial charge in [-0.2, -0.15) is 5.26 Å².